The van der Waals surface area contributed by atoms with Crippen molar-refractivity contribution >= 4 is 18.0 Å². The van der Waals surface area contributed by atoms with Crippen LogP contribution in [0.4, 0.5) is 13.2 Å². The van der Waals surface area contributed by atoms with Crippen molar-refractivity contribution < 1.29 is 37.3 Å². The maximum atomic E-state index is 13.9. The van der Waals surface area contributed by atoms with Crippen LogP contribution in [0.15, 0.2) is 42.5 Å². The van der Waals surface area contributed by atoms with Crippen LogP contribution in [0.3, 0.4) is 0 Å². The van der Waals surface area contributed by atoms with Crippen molar-refractivity contribution in [1.29, 1.82) is 0 Å². The van der Waals surface area contributed by atoms with Crippen LogP contribution in [-0.4, -0.2) is 70.7 Å². The van der Waals surface area contributed by atoms with Gasteiger partial charge in [0, 0.05) is 25.1 Å². The second-order valence-corrected chi connectivity index (χ2v) is 12.8. The number of hydrogen-bond acceptors (Lipinski definition) is 6. The number of carbonyl (C=O) groups excluding carboxylic acids is 2. The van der Waals surface area contributed by atoms with Crippen LogP contribution < -0.4 is 4.74 Å². The largest absolute Gasteiger partial charge is 0.504 e. The number of likely N-dealkylation sites (N-methyl/N-ethyl adjacent to an activating group) is 1. The lowest BCUT2D eigenvalue weighted by Gasteiger charge is -2.65. The van der Waals surface area contributed by atoms with E-state index in [9.17, 15) is 27.9 Å². The van der Waals surface area contributed by atoms with Crippen LogP contribution in [0.5, 0.6) is 11.5 Å². The predicted octanol–water partition coefficient (Wildman–Crippen LogP) is 5.33. The van der Waals surface area contributed by atoms with E-state index in [2.05, 4.69) is 4.90 Å². The maximum Gasteiger partial charge on any atom is 0.416 e. The minimum atomic E-state index is -4.44. The number of alkyl halides is 3. The molecule has 1 amide bonds. The number of phenols is 1. The molecule has 4 aliphatic rings. The highest BCUT2D eigenvalue weighted by molar-refractivity contribution is 5.92. The summed E-state index contributed by atoms with van der Waals surface area (Å²) in [4.78, 5) is 30.7. The molecule has 1 saturated heterocycles. The van der Waals surface area contributed by atoms with Gasteiger partial charge >= 0.3 is 12.1 Å². The molecule has 6 rings (SSSR count). The standard InChI is InChI=1S/C33H37F3N2O5/c1-19(2)18-38(27(41)12-7-21-5-9-23(10-6-21)33(34,35)36)24-13-14-32(43-20(3)39)26-17-22-8-11-25(40)29-28(22)31(32,30(24)42-29)15-16-37(26)4/h5-12,19,24,26,30,40H,13-18H2,1-4H3/t24-,26+,30-,31-,32+/m0/s1. The highest BCUT2D eigenvalue weighted by Gasteiger charge is 2.75. The monoisotopic (exact) mass is 598 g/mol. The minimum Gasteiger partial charge on any atom is -0.504 e. The van der Waals surface area contributed by atoms with Gasteiger partial charge in [0.25, 0.3) is 0 Å². The van der Waals surface area contributed by atoms with E-state index in [4.69, 9.17) is 9.47 Å². The van der Waals surface area contributed by atoms with Gasteiger partial charge in [0.15, 0.2) is 11.5 Å². The number of ether oxygens (including phenoxy) is 2. The van der Waals surface area contributed by atoms with Crippen molar-refractivity contribution in [3.8, 4) is 11.5 Å². The molecule has 1 N–H and O–H groups in total. The van der Waals surface area contributed by atoms with E-state index >= 15 is 0 Å². The van der Waals surface area contributed by atoms with Crippen molar-refractivity contribution in [2.24, 2.45) is 5.92 Å². The molecule has 43 heavy (non-hydrogen) atoms. The number of rotatable bonds is 6. The van der Waals surface area contributed by atoms with Crippen LogP contribution >= 0.6 is 0 Å². The van der Waals surface area contributed by atoms with Crippen molar-refractivity contribution in [2.75, 3.05) is 20.1 Å². The Kier molecular flexibility index (Phi) is 7.06. The number of benzene rings is 2. The lowest BCUT2D eigenvalue weighted by atomic mass is 9.48. The highest BCUT2D eigenvalue weighted by atomic mass is 19.4. The molecule has 10 heteroatoms. The summed E-state index contributed by atoms with van der Waals surface area (Å²) in [6, 6.07) is 7.78. The van der Waals surface area contributed by atoms with Gasteiger partial charge in [0.2, 0.25) is 5.91 Å². The Hall–Kier alpha value is -3.53. The number of likely N-dealkylation sites (tertiary alicyclic amines) is 1. The normalized spacial score (nSPS) is 29.3. The first kappa shape index (κ1) is 29.5. The summed E-state index contributed by atoms with van der Waals surface area (Å²) in [7, 11) is 2.05. The fraction of sp³-hybridized carbons (Fsp3) is 0.515. The molecule has 2 aliphatic carbocycles. The minimum absolute atomic E-state index is 0.0271. The average Bonchev–Trinajstić information content (AvgIpc) is 3.29. The fourth-order valence-corrected chi connectivity index (χ4v) is 8.31. The third-order valence-corrected chi connectivity index (χ3v) is 9.89. The van der Waals surface area contributed by atoms with E-state index < -0.39 is 34.9 Å². The smallest absolute Gasteiger partial charge is 0.416 e. The number of halogens is 3. The van der Waals surface area contributed by atoms with Gasteiger partial charge in [-0.25, -0.2) is 0 Å². The second kappa shape index (κ2) is 10.3. The Morgan fingerprint density at radius 2 is 1.91 bits per heavy atom. The lowest BCUT2D eigenvalue weighted by molar-refractivity contribution is -0.221. The Labute approximate surface area is 249 Å². The molecule has 2 heterocycles. The molecule has 7 nitrogen and oxygen atoms in total. The summed E-state index contributed by atoms with van der Waals surface area (Å²) in [5, 5.41) is 11.0. The van der Waals surface area contributed by atoms with Gasteiger partial charge < -0.3 is 19.5 Å². The van der Waals surface area contributed by atoms with E-state index in [1.807, 2.05) is 27.0 Å². The quantitative estimate of drug-likeness (QED) is 0.358. The van der Waals surface area contributed by atoms with Crippen molar-refractivity contribution in [3.63, 3.8) is 0 Å². The van der Waals surface area contributed by atoms with Gasteiger partial charge in [-0.3, -0.25) is 14.5 Å². The Balaban J connectivity index is 1.41. The topological polar surface area (TPSA) is 79.3 Å². The third-order valence-electron chi connectivity index (χ3n) is 9.89. The molecule has 0 unspecified atom stereocenters. The van der Waals surface area contributed by atoms with Gasteiger partial charge in [-0.15, -0.1) is 0 Å². The molecule has 0 aromatic heterocycles. The zero-order chi connectivity index (χ0) is 30.9. The molecule has 1 spiro atoms. The number of piperidine rings is 1. The highest BCUT2D eigenvalue weighted by Crippen LogP contribution is 2.67. The summed E-state index contributed by atoms with van der Waals surface area (Å²) in [5.41, 5.74) is 0.0321. The molecule has 2 bridgehead atoms. The predicted molar refractivity (Wildman–Crippen MR) is 153 cm³/mol. The summed E-state index contributed by atoms with van der Waals surface area (Å²) >= 11 is 0. The van der Waals surface area contributed by atoms with E-state index in [0.717, 1.165) is 29.8 Å². The first-order valence-corrected chi connectivity index (χ1v) is 14.9. The maximum absolute atomic E-state index is 13.9. The van der Waals surface area contributed by atoms with Crippen molar-refractivity contribution in [1.82, 2.24) is 9.80 Å². The molecule has 2 aromatic rings. The molecule has 5 atom stereocenters. The summed E-state index contributed by atoms with van der Waals surface area (Å²) in [6.45, 7) is 6.63. The first-order valence-electron chi connectivity index (χ1n) is 14.9. The summed E-state index contributed by atoms with van der Waals surface area (Å²) in [6.07, 6.45) is 0.239. The molecule has 2 fully saturated rings. The first-order chi connectivity index (χ1) is 20.3. The molecule has 2 aromatic carbocycles. The third kappa shape index (κ3) is 4.51. The van der Waals surface area contributed by atoms with E-state index in [1.165, 1.54) is 31.2 Å². The van der Waals surface area contributed by atoms with Gasteiger partial charge in [-0.2, -0.15) is 13.2 Å². The Bertz CT molecular complexity index is 1470. The van der Waals surface area contributed by atoms with Crippen molar-refractivity contribution in [2.45, 2.75) is 81.8 Å². The van der Waals surface area contributed by atoms with E-state index in [-0.39, 0.29) is 29.6 Å². The van der Waals surface area contributed by atoms with Crippen molar-refractivity contribution in [3.05, 3.63) is 64.7 Å². The number of aromatic hydroxyl groups is 1. The van der Waals surface area contributed by atoms with Gasteiger partial charge in [0.05, 0.1) is 23.1 Å². The SMILES string of the molecule is CC(=O)O[C@@]12CC[C@H](N(CC(C)C)C(=O)C=Cc3ccc(C(F)(F)F)cc3)[C@@H]3Oc4c(O)ccc5c4[C@@]31CCN(C)[C@@H]2C5. The zero-order valence-corrected chi connectivity index (χ0v) is 24.8. The fourth-order valence-electron chi connectivity index (χ4n) is 8.31. The molecule has 2 aliphatic heterocycles. The second-order valence-electron chi connectivity index (χ2n) is 12.8. The summed E-state index contributed by atoms with van der Waals surface area (Å²) < 4.78 is 52.2. The summed E-state index contributed by atoms with van der Waals surface area (Å²) in [5.74, 6) is -0.0984. The molecule has 230 valence electrons. The van der Waals surface area contributed by atoms with Crippen LogP contribution in [-0.2, 0) is 32.3 Å². The molecular formula is C33H37F3N2O5. The van der Waals surface area contributed by atoms with Crippen LogP contribution in [0.2, 0.25) is 0 Å². The Morgan fingerprint density at radius 3 is 2.56 bits per heavy atom. The van der Waals surface area contributed by atoms with Gasteiger partial charge in [-0.1, -0.05) is 32.0 Å². The average molecular weight is 599 g/mol. The number of carbonyl (C=O) groups is 2. The van der Waals surface area contributed by atoms with Gasteiger partial charge in [-0.05, 0) is 80.6 Å². The number of hydrogen-bond donors (Lipinski definition) is 1. The Morgan fingerprint density at radius 1 is 1.19 bits per heavy atom. The van der Waals surface area contributed by atoms with E-state index in [0.29, 0.717) is 43.5 Å². The zero-order valence-electron chi connectivity index (χ0n) is 24.8. The number of nitrogens with zero attached hydrogens (tertiary/aromatic N) is 2. The number of phenolic OH excluding ortho intramolecular Hbond substituents is 1. The molecule has 0 radical (unpaired) electrons. The van der Waals surface area contributed by atoms with Crippen LogP contribution in [0.1, 0.15) is 62.3 Å². The van der Waals surface area contributed by atoms with Crippen LogP contribution in [0, 0.1) is 5.92 Å². The number of amides is 1. The lowest BCUT2D eigenvalue weighted by Crippen LogP contribution is -2.79. The van der Waals surface area contributed by atoms with Crippen LogP contribution in [0.25, 0.3) is 6.08 Å². The van der Waals surface area contributed by atoms with E-state index in [1.54, 1.807) is 11.0 Å². The molecular weight excluding hydrogens is 561 g/mol. The number of esters is 1. The molecule has 1 saturated carbocycles. The van der Waals surface area contributed by atoms with Gasteiger partial charge in [0.1, 0.15) is 11.7 Å².